The number of carbonyl (C=O) groups excluding carboxylic acids is 1. The van der Waals surface area contributed by atoms with Crippen molar-refractivity contribution in [2.75, 3.05) is 18.8 Å². The average Bonchev–Trinajstić information content (AvgIpc) is 2.30. The monoisotopic (exact) mass is 220 g/mol. The van der Waals surface area contributed by atoms with Crippen molar-refractivity contribution in [3.05, 3.63) is 18.1 Å². The van der Waals surface area contributed by atoms with Crippen LogP contribution in [0.2, 0.25) is 0 Å². The van der Waals surface area contributed by atoms with Crippen LogP contribution in [0.5, 0.6) is 0 Å². The largest absolute Gasteiger partial charge is 0.382 e. The molecule has 5 heteroatoms. The minimum atomic E-state index is -0.0422. The Labute approximate surface area is 94.7 Å². The summed E-state index contributed by atoms with van der Waals surface area (Å²) in [6.07, 6.45) is 4.98. The third-order valence-corrected chi connectivity index (χ3v) is 2.96. The third kappa shape index (κ3) is 2.29. The molecular weight excluding hydrogens is 204 g/mol. The number of anilines is 1. The van der Waals surface area contributed by atoms with Gasteiger partial charge in [0.2, 0.25) is 0 Å². The van der Waals surface area contributed by atoms with Crippen molar-refractivity contribution in [2.45, 2.75) is 19.8 Å². The molecule has 0 aliphatic carbocycles. The molecule has 1 aliphatic rings. The predicted molar refractivity (Wildman–Crippen MR) is 60.7 cm³/mol. The van der Waals surface area contributed by atoms with E-state index in [1.54, 1.807) is 0 Å². The summed E-state index contributed by atoms with van der Waals surface area (Å²) in [6.45, 7) is 3.84. The Kier molecular flexibility index (Phi) is 3.03. The number of amides is 1. The Balaban J connectivity index is 2.05. The summed E-state index contributed by atoms with van der Waals surface area (Å²) in [7, 11) is 0. The van der Waals surface area contributed by atoms with Gasteiger partial charge in [-0.2, -0.15) is 0 Å². The number of likely N-dealkylation sites (tertiary alicyclic amines) is 1. The van der Waals surface area contributed by atoms with Crippen LogP contribution in [0.1, 0.15) is 30.3 Å². The summed E-state index contributed by atoms with van der Waals surface area (Å²) in [4.78, 5) is 21.7. The summed E-state index contributed by atoms with van der Waals surface area (Å²) in [6, 6.07) is 0. The van der Waals surface area contributed by atoms with E-state index in [0.717, 1.165) is 25.9 Å². The van der Waals surface area contributed by atoms with Gasteiger partial charge < -0.3 is 10.6 Å². The topological polar surface area (TPSA) is 72.1 Å². The van der Waals surface area contributed by atoms with E-state index < -0.39 is 0 Å². The van der Waals surface area contributed by atoms with Crippen LogP contribution in [-0.2, 0) is 0 Å². The van der Waals surface area contributed by atoms with Crippen LogP contribution in [-0.4, -0.2) is 33.9 Å². The standard InChI is InChI=1S/C11H16N4O/c1-8-2-4-15(5-3-8)11(16)9-6-14-10(12)7-13-9/h6-8H,2-5H2,1H3,(H2,12,14). The summed E-state index contributed by atoms with van der Waals surface area (Å²) < 4.78 is 0. The van der Waals surface area contributed by atoms with E-state index in [4.69, 9.17) is 5.73 Å². The van der Waals surface area contributed by atoms with Gasteiger partial charge in [-0.1, -0.05) is 6.92 Å². The fourth-order valence-electron chi connectivity index (χ4n) is 1.82. The Morgan fingerprint density at radius 2 is 2.06 bits per heavy atom. The second-order valence-electron chi connectivity index (χ2n) is 4.30. The van der Waals surface area contributed by atoms with Crippen LogP contribution in [0, 0.1) is 5.92 Å². The van der Waals surface area contributed by atoms with Gasteiger partial charge in [-0.3, -0.25) is 4.79 Å². The van der Waals surface area contributed by atoms with Crippen molar-refractivity contribution >= 4 is 11.7 Å². The highest BCUT2D eigenvalue weighted by Gasteiger charge is 2.22. The quantitative estimate of drug-likeness (QED) is 0.764. The SMILES string of the molecule is CC1CCN(C(=O)c2cnc(N)cn2)CC1. The molecule has 86 valence electrons. The van der Waals surface area contributed by atoms with Gasteiger partial charge in [0.05, 0.1) is 12.4 Å². The molecule has 1 amide bonds. The molecule has 0 saturated carbocycles. The number of nitrogen functional groups attached to an aromatic ring is 1. The molecule has 1 saturated heterocycles. The molecule has 2 heterocycles. The lowest BCUT2D eigenvalue weighted by atomic mass is 9.99. The van der Waals surface area contributed by atoms with Crippen LogP contribution in [0.25, 0.3) is 0 Å². The maximum atomic E-state index is 12.0. The minimum absolute atomic E-state index is 0.0422. The van der Waals surface area contributed by atoms with Crippen molar-refractivity contribution < 1.29 is 4.79 Å². The van der Waals surface area contributed by atoms with Gasteiger partial charge in [0, 0.05) is 13.1 Å². The lowest BCUT2D eigenvalue weighted by molar-refractivity contribution is 0.0691. The molecule has 1 fully saturated rings. The number of nitrogens with two attached hydrogens (primary N) is 1. The van der Waals surface area contributed by atoms with Gasteiger partial charge in [-0.05, 0) is 18.8 Å². The molecule has 0 spiro atoms. The van der Waals surface area contributed by atoms with E-state index >= 15 is 0 Å². The molecule has 2 N–H and O–H groups in total. The lowest BCUT2D eigenvalue weighted by Gasteiger charge is -2.29. The summed E-state index contributed by atoms with van der Waals surface area (Å²) in [5.41, 5.74) is 5.80. The number of nitrogens with zero attached hydrogens (tertiary/aromatic N) is 3. The molecule has 0 aromatic carbocycles. The summed E-state index contributed by atoms with van der Waals surface area (Å²) in [5, 5.41) is 0. The van der Waals surface area contributed by atoms with E-state index in [1.807, 2.05) is 4.90 Å². The second kappa shape index (κ2) is 4.47. The van der Waals surface area contributed by atoms with E-state index in [-0.39, 0.29) is 5.91 Å². The van der Waals surface area contributed by atoms with Gasteiger partial charge in [0.25, 0.3) is 5.91 Å². The van der Waals surface area contributed by atoms with Crippen LogP contribution < -0.4 is 5.73 Å². The number of hydrogen-bond acceptors (Lipinski definition) is 4. The van der Waals surface area contributed by atoms with Crippen LogP contribution in [0.15, 0.2) is 12.4 Å². The van der Waals surface area contributed by atoms with Crippen LogP contribution in [0.3, 0.4) is 0 Å². The molecule has 0 radical (unpaired) electrons. The molecule has 0 bridgehead atoms. The molecule has 1 aromatic rings. The van der Waals surface area contributed by atoms with E-state index in [2.05, 4.69) is 16.9 Å². The highest BCUT2D eigenvalue weighted by atomic mass is 16.2. The molecular formula is C11H16N4O. The van der Waals surface area contributed by atoms with Crippen LogP contribution >= 0.6 is 0 Å². The Morgan fingerprint density at radius 1 is 1.38 bits per heavy atom. The number of rotatable bonds is 1. The van der Waals surface area contributed by atoms with Crippen molar-refractivity contribution in [3.8, 4) is 0 Å². The number of aromatic nitrogens is 2. The number of hydrogen-bond donors (Lipinski definition) is 1. The molecule has 0 atom stereocenters. The minimum Gasteiger partial charge on any atom is -0.382 e. The first kappa shape index (κ1) is 10.9. The first-order valence-electron chi connectivity index (χ1n) is 5.53. The van der Waals surface area contributed by atoms with Gasteiger partial charge in [-0.15, -0.1) is 0 Å². The van der Waals surface area contributed by atoms with E-state index in [0.29, 0.717) is 17.4 Å². The lowest BCUT2D eigenvalue weighted by Crippen LogP contribution is -2.38. The normalized spacial score (nSPS) is 17.4. The third-order valence-electron chi connectivity index (χ3n) is 2.96. The Morgan fingerprint density at radius 3 is 2.62 bits per heavy atom. The summed E-state index contributed by atoms with van der Waals surface area (Å²) >= 11 is 0. The van der Waals surface area contributed by atoms with E-state index in [1.165, 1.54) is 12.4 Å². The smallest absolute Gasteiger partial charge is 0.274 e. The molecule has 1 aliphatic heterocycles. The molecule has 5 nitrogen and oxygen atoms in total. The van der Waals surface area contributed by atoms with Gasteiger partial charge >= 0.3 is 0 Å². The maximum Gasteiger partial charge on any atom is 0.274 e. The summed E-state index contributed by atoms with van der Waals surface area (Å²) in [5.74, 6) is 1.00. The van der Waals surface area contributed by atoms with Gasteiger partial charge in [0.15, 0.2) is 0 Å². The number of piperidine rings is 1. The zero-order valence-corrected chi connectivity index (χ0v) is 9.39. The molecule has 2 rings (SSSR count). The first-order chi connectivity index (χ1) is 7.66. The molecule has 16 heavy (non-hydrogen) atoms. The fourth-order valence-corrected chi connectivity index (χ4v) is 1.82. The number of carbonyl (C=O) groups is 1. The Bertz CT molecular complexity index is 368. The van der Waals surface area contributed by atoms with E-state index in [9.17, 15) is 4.79 Å². The van der Waals surface area contributed by atoms with Gasteiger partial charge in [-0.25, -0.2) is 9.97 Å². The Hall–Kier alpha value is -1.65. The molecule has 1 aromatic heterocycles. The first-order valence-corrected chi connectivity index (χ1v) is 5.53. The molecule has 0 unspecified atom stereocenters. The van der Waals surface area contributed by atoms with Gasteiger partial charge in [0.1, 0.15) is 11.5 Å². The highest BCUT2D eigenvalue weighted by molar-refractivity contribution is 5.92. The zero-order chi connectivity index (χ0) is 11.5. The fraction of sp³-hybridized carbons (Fsp3) is 0.545. The highest BCUT2D eigenvalue weighted by Crippen LogP contribution is 2.17. The predicted octanol–water partition coefficient (Wildman–Crippen LogP) is 0.931. The van der Waals surface area contributed by atoms with Crippen molar-refractivity contribution in [3.63, 3.8) is 0 Å². The van der Waals surface area contributed by atoms with Crippen molar-refractivity contribution in [1.29, 1.82) is 0 Å². The maximum absolute atomic E-state index is 12.0. The zero-order valence-electron chi connectivity index (χ0n) is 9.39. The van der Waals surface area contributed by atoms with Crippen molar-refractivity contribution in [1.82, 2.24) is 14.9 Å². The second-order valence-corrected chi connectivity index (χ2v) is 4.30. The average molecular weight is 220 g/mol. The van der Waals surface area contributed by atoms with Crippen molar-refractivity contribution in [2.24, 2.45) is 5.92 Å². The van der Waals surface area contributed by atoms with Crippen LogP contribution in [0.4, 0.5) is 5.82 Å².